The molecule has 0 aliphatic rings. The first-order chi connectivity index (χ1) is 8.79. The fraction of sp³-hybridized carbons (Fsp3) is 0.143. The molecule has 0 saturated heterocycles. The van der Waals surface area contributed by atoms with Crippen molar-refractivity contribution in [3.05, 3.63) is 54.4 Å². The summed E-state index contributed by atoms with van der Waals surface area (Å²) in [5.74, 6) is -0.237. The van der Waals surface area contributed by atoms with Crippen LogP contribution in [0.2, 0.25) is 0 Å². The first kappa shape index (κ1) is 12.1. The number of carbonyl (C=O) groups is 1. The van der Waals surface area contributed by atoms with E-state index >= 15 is 0 Å². The molecule has 0 atom stereocenters. The second-order valence-electron chi connectivity index (χ2n) is 3.72. The maximum atomic E-state index is 10.9. The monoisotopic (exact) mass is 242 g/mol. The van der Waals surface area contributed by atoms with Crippen molar-refractivity contribution in [3.63, 3.8) is 0 Å². The highest BCUT2D eigenvalue weighted by atomic mass is 16.5. The molecule has 1 heterocycles. The van der Waals surface area contributed by atoms with Gasteiger partial charge in [0.1, 0.15) is 0 Å². The molecule has 0 unspecified atom stereocenters. The minimum Gasteiger partial charge on any atom is -0.469 e. The van der Waals surface area contributed by atoms with Crippen LogP contribution in [0.3, 0.4) is 0 Å². The quantitative estimate of drug-likeness (QED) is 0.773. The van der Waals surface area contributed by atoms with E-state index in [9.17, 15) is 4.79 Å². The molecular formula is C14H14N2O2. The molecule has 0 N–H and O–H groups in total. The maximum absolute atomic E-state index is 10.9. The SMILES string of the molecule is COC(=O)CC=Cc1ccc(-n2cccn2)cc1. The van der Waals surface area contributed by atoms with Crippen LogP contribution in [0.4, 0.5) is 0 Å². The van der Waals surface area contributed by atoms with E-state index in [0.29, 0.717) is 0 Å². The van der Waals surface area contributed by atoms with E-state index in [-0.39, 0.29) is 12.4 Å². The minimum atomic E-state index is -0.237. The zero-order valence-corrected chi connectivity index (χ0v) is 10.1. The number of carbonyl (C=O) groups excluding carboxylic acids is 1. The van der Waals surface area contributed by atoms with Gasteiger partial charge in [0.25, 0.3) is 0 Å². The van der Waals surface area contributed by atoms with Crippen molar-refractivity contribution >= 4 is 12.0 Å². The molecule has 1 aromatic carbocycles. The van der Waals surface area contributed by atoms with Gasteiger partial charge >= 0.3 is 5.97 Å². The number of hydrogen-bond acceptors (Lipinski definition) is 3. The minimum absolute atomic E-state index is 0.237. The van der Waals surface area contributed by atoms with Gasteiger partial charge < -0.3 is 4.74 Å². The zero-order valence-electron chi connectivity index (χ0n) is 10.1. The highest BCUT2D eigenvalue weighted by Crippen LogP contribution is 2.10. The summed E-state index contributed by atoms with van der Waals surface area (Å²) in [4.78, 5) is 10.9. The van der Waals surface area contributed by atoms with Crippen LogP contribution in [-0.2, 0) is 9.53 Å². The van der Waals surface area contributed by atoms with Crippen LogP contribution >= 0.6 is 0 Å². The Bertz CT molecular complexity index is 527. The number of hydrogen-bond donors (Lipinski definition) is 0. The van der Waals surface area contributed by atoms with Crippen LogP contribution in [-0.4, -0.2) is 22.9 Å². The average Bonchev–Trinajstić information content (AvgIpc) is 2.93. The van der Waals surface area contributed by atoms with Crippen molar-refractivity contribution in [2.75, 3.05) is 7.11 Å². The highest BCUT2D eigenvalue weighted by molar-refractivity contribution is 5.72. The van der Waals surface area contributed by atoms with Gasteiger partial charge in [-0.15, -0.1) is 0 Å². The molecule has 0 aliphatic heterocycles. The van der Waals surface area contributed by atoms with Crippen LogP contribution in [0.15, 0.2) is 48.8 Å². The molecule has 0 amide bonds. The van der Waals surface area contributed by atoms with Gasteiger partial charge in [-0.25, -0.2) is 4.68 Å². The number of benzene rings is 1. The molecule has 92 valence electrons. The van der Waals surface area contributed by atoms with E-state index in [0.717, 1.165) is 11.3 Å². The molecule has 0 fully saturated rings. The molecule has 4 nitrogen and oxygen atoms in total. The third kappa shape index (κ3) is 3.07. The predicted molar refractivity (Wildman–Crippen MR) is 69.2 cm³/mol. The standard InChI is InChI=1S/C14H14N2O2/c1-18-14(17)5-2-4-12-6-8-13(9-7-12)16-11-3-10-15-16/h2-4,6-11H,5H2,1H3. The first-order valence-electron chi connectivity index (χ1n) is 5.63. The van der Waals surface area contributed by atoms with Crippen LogP contribution in [0.25, 0.3) is 11.8 Å². The molecule has 18 heavy (non-hydrogen) atoms. The molecule has 0 saturated carbocycles. The second-order valence-corrected chi connectivity index (χ2v) is 3.72. The molecule has 4 heteroatoms. The molecule has 0 radical (unpaired) electrons. The second kappa shape index (κ2) is 5.82. The summed E-state index contributed by atoms with van der Waals surface area (Å²) in [6, 6.07) is 9.79. The van der Waals surface area contributed by atoms with Crippen LogP contribution in [0, 0.1) is 0 Å². The van der Waals surface area contributed by atoms with Crippen molar-refractivity contribution in [1.29, 1.82) is 0 Å². The molecule has 0 spiro atoms. The Morgan fingerprint density at radius 1 is 1.39 bits per heavy atom. The molecular weight excluding hydrogens is 228 g/mol. The van der Waals surface area contributed by atoms with Gasteiger partial charge in [0.2, 0.25) is 0 Å². The number of methoxy groups -OCH3 is 1. The fourth-order valence-corrected chi connectivity index (χ4v) is 1.53. The Balaban J connectivity index is 2.02. The van der Waals surface area contributed by atoms with Gasteiger partial charge in [-0.3, -0.25) is 4.79 Å². The Morgan fingerprint density at radius 3 is 2.78 bits per heavy atom. The van der Waals surface area contributed by atoms with E-state index in [2.05, 4.69) is 9.84 Å². The summed E-state index contributed by atoms with van der Waals surface area (Å²) < 4.78 is 6.35. The molecule has 0 aliphatic carbocycles. The summed E-state index contributed by atoms with van der Waals surface area (Å²) in [6.07, 6.45) is 7.60. The summed E-state index contributed by atoms with van der Waals surface area (Å²) in [7, 11) is 1.38. The number of rotatable bonds is 4. The van der Waals surface area contributed by atoms with Gasteiger partial charge in [-0.05, 0) is 23.8 Å². The van der Waals surface area contributed by atoms with Gasteiger partial charge in [0, 0.05) is 12.4 Å². The van der Waals surface area contributed by atoms with Crippen molar-refractivity contribution in [2.24, 2.45) is 0 Å². The van der Waals surface area contributed by atoms with E-state index in [4.69, 9.17) is 0 Å². The van der Waals surface area contributed by atoms with Gasteiger partial charge in [0.05, 0.1) is 19.2 Å². The summed E-state index contributed by atoms with van der Waals surface area (Å²) in [5.41, 5.74) is 2.04. The Hall–Kier alpha value is -2.36. The zero-order chi connectivity index (χ0) is 12.8. The highest BCUT2D eigenvalue weighted by Gasteiger charge is 1.96. The van der Waals surface area contributed by atoms with Gasteiger partial charge in [0.15, 0.2) is 0 Å². The van der Waals surface area contributed by atoms with E-state index in [1.54, 1.807) is 17.0 Å². The fourth-order valence-electron chi connectivity index (χ4n) is 1.53. The van der Waals surface area contributed by atoms with E-state index < -0.39 is 0 Å². The normalized spacial score (nSPS) is 10.7. The largest absolute Gasteiger partial charge is 0.469 e. The van der Waals surface area contributed by atoms with Crippen molar-refractivity contribution in [1.82, 2.24) is 9.78 Å². The first-order valence-corrected chi connectivity index (χ1v) is 5.63. The number of aromatic nitrogens is 2. The van der Waals surface area contributed by atoms with Crippen LogP contribution in [0.5, 0.6) is 0 Å². The molecule has 0 bridgehead atoms. The molecule has 2 aromatic rings. The third-order valence-electron chi connectivity index (χ3n) is 2.48. The Kier molecular flexibility index (Phi) is 3.91. The summed E-state index contributed by atoms with van der Waals surface area (Å²) >= 11 is 0. The molecule has 1 aromatic heterocycles. The van der Waals surface area contributed by atoms with Crippen LogP contribution < -0.4 is 0 Å². The van der Waals surface area contributed by atoms with Crippen molar-refractivity contribution in [3.8, 4) is 5.69 Å². The summed E-state index contributed by atoms with van der Waals surface area (Å²) in [5, 5.41) is 4.15. The average molecular weight is 242 g/mol. The lowest BCUT2D eigenvalue weighted by Crippen LogP contribution is -1.96. The maximum Gasteiger partial charge on any atom is 0.309 e. The van der Waals surface area contributed by atoms with Crippen LogP contribution in [0.1, 0.15) is 12.0 Å². The van der Waals surface area contributed by atoms with Crippen molar-refractivity contribution < 1.29 is 9.53 Å². The number of nitrogens with zero attached hydrogens (tertiary/aromatic N) is 2. The smallest absolute Gasteiger partial charge is 0.309 e. The lowest BCUT2D eigenvalue weighted by molar-refractivity contribution is -0.139. The topological polar surface area (TPSA) is 44.1 Å². The summed E-state index contributed by atoms with van der Waals surface area (Å²) in [6.45, 7) is 0. The van der Waals surface area contributed by atoms with Crippen molar-refractivity contribution in [2.45, 2.75) is 6.42 Å². The van der Waals surface area contributed by atoms with E-state index in [1.807, 2.05) is 42.6 Å². The lowest BCUT2D eigenvalue weighted by atomic mass is 10.2. The van der Waals surface area contributed by atoms with Gasteiger partial charge in [-0.2, -0.15) is 5.10 Å². The number of esters is 1. The third-order valence-corrected chi connectivity index (χ3v) is 2.48. The predicted octanol–water partition coefficient (Wildman–Crippen LogP) is 2.45. The Morgan fingerprint density at radius 2 is 2.17 bits per heavy atom. The van der Waals surface area contributed by atoms with E-state index in [1.165, 1.54) is 7.11 Å². The van der Waals surface area contributed by atoms with Gasteiger partial charge in [-0.1, -0.05) is 24.3 Å². The Labute approximate surface area is 106 Å². The lowest BCUT2D eigenvalue weighted by Gasteiger charge is -2.01. The number of ether oxygens (including phenoxy) is 1. The molecule has 2 rings (SSSR count).